The number of ether oxygens (including phenoxy) is 1. The lowest BCUT2D eigenvalue weighted by molar-refractivity contribution is -0.134. The molecular formula is C26H30N4O5. The van der Waals surface area contributed by atoms with E-state index in [4.69, 9.17) is 14.6 Å². The first-order valence-electron chi connectivity index (χ1n) is 11.5. The predicted molar refractivity (Wildman–Crippen MR) is 132 cm³/mol. The SMILES string of the molecule is CC(=O)O.CCNC(=O)CCCOc1cccc(-c2cc(-c3cc4c([nH]3)CCNC4=O)ccn2)c1. The Morgan fingerprint density at radius 1 is 1.17 bits per heavy atom. The van der Waals surface area contributed by atoms with E-state index in [1.807, 2.05) is 49.4 Å². The maximum atomic E-state index is 12.1. The summed E-state index contributed by atoms with van der Waals surface area (Å²) in [6, 6.07) is 13.6. The number of fused-ring (bicyclic) bond motifs is 1. The molecule has 0 atom stereocenters. The van der Waals surface area contributed by atoms with Crippen molar-refractivity contribution in [3.63, 3.8) is 0 Å². The number of nitrogens with zero attached hydrogens (tertiary/aromatic N) is 1. The number of benzene rings is 1. The summed E-state index contributed by atoms with van der Waals surface area (Å²) in [6.45, 7) is 4.77. The molecule has 0 saturated carbocycles. The van der Waals surface area contributed by atoms with Crippen LogP contribution in [0.3, 0.4) is 0 Å². The first-order valence-corrected chi connectivity index (χ1v) is 11.5. The maximum absolute atomic E-state index is 12.1. The number of hydrogen-bond donors (Lipinski definition) is 4. The molecule has 2 aromatic heterocycles. The van der Waals surface area contributed by atoms with Crippen molar-refractivity contribution in [2.24, 2.45) is 0 Å². The molecule has 0 saturated heterocycles. The molecule has 9 heteroatoms. The van der Waals surface area contributed by atoms with E-state index >= 15 is 0 Å². The molecule has 1 aliphatic heterocycles. The van der Waals surface area contributed by atoms with E-state index in [1.54, 1.807) is 6.20 Å². The summed E-state index contributed by atoms with van der Waals surface area (Å²) in [4.78, 5) is 40.5. The van der Waals surface area contributed by atoms with Crippen molar-refractivity contribution in [3.05, 3.63) is 59.9 Å². The Labute approximate surface area is 203 Å². The highest BCUT2D eigenvalue weighted by atomic mass is 16.5. The molecule has 4 rings (SSSR count). The lowest BCUT2D eigenvalue weighted by Crippen LogP contribution is -2.31. The quantitative estimate of drug-likeness (QED) is 0.367. The first kappa shape index (κ1) is 25.5. The third-order valence-corrected chi connectivity index (χ3v) is 5.20. The van der Waals surface area contributed by atoms with Crippen molar-refractivity contribution in [2.45, 2.75) is 33.1 Å². The Balaban J connectivity index is 0.000000795. The van der Waals surface area contributed by atoms with Gasteiger partial charge in [-0.2, -0.15) is 0 Å². The largest absolute Gasteiger partial charge is 0.494 e. The lowest BCUT2D eigenvalue weighted by atomic mass is 10.1. The van der Waals surface area contributed by atoms with E-state index in [-0.39, 0.29) is 11.8 Å². The molecule has 0 fully saturated rings. The van der Waals surface area contributed by atoms with Crippen molar-refractivity contribution in [2.75, 3.05) is 19.7 Å². The zero-order valence-electron chi connectivity index (χ0n) is 19.9. The summed E-state index contributed by atoms with van der Waals surface area (Å²) >= 11 is 0. The van der Waals surface area contributed by atoms with Crippen LogP contribution >= 0.6 is 0 Å². The van der Waals surface area contributed by atoms with E-state index in [9.17, 15) is 9.59 Å². The standard InChI is InChI=1S/C24H26N4O3.C2H4O2/c1-2-25-23(29)7-4-12-31-18-6-3-5-16(13-18)21-14-17(8-10-26-21)22-15-19-20(28-22)9-11-27-24(19)30;1-2(3)4/h3,5-6,8,10,13-15,28H,2,4,7,9,11-12H2,1H3,(H,25,29)(H,27,30);1H3,(H,3,4). The molecule has 0 unspecified atom stereocenters. The molecule has 0 spiro atoms. The van der Waals surface area contributed by atoms with Gasteiger partial charge in [-0.25, -0.2) is 0 Å². The van der Waals surface area contributed by atoms with Crippen molar-refractivity contribution >= 4 is 17.8 Å². The van der Waals surface area contributed by atoms with Gasteiger partial charge in [0.15, 0.2) is 0 Å². The molecular weight excluding hydrogens is 448 g/mol. The second-order valence-corrected chi connectivity index (χ2v) is 7.96. The molecule has 0 aliphatic carbocycles. The van der Waals surface area contributed by atoms with Crippen LogP contribution in [0.2, 0.25) is 0 Å². The van der Waals surface area contributed by atoms with E-state index in [0.717, 1.165) is 47.3 Å². The van der Waals surface area contributed by atoms with Crippen molar-refractivity contribution < 1.29 is 24.2 Å². The Bertz CT molecular complexity index is 1180. The highest BCUT2D eigenvalue weighted by Gasteiger charge is 2.20. The van der Waals surface area contributed by atoms with Gasteiger partial charge in [0.1, 0.15) is 5.75 Å². The lowest BCUT2D eigenvalue weighted by Gasteiger charge is -2.11. The number of rotatable bonds is 8. The number of carbonyl (C=O) groups excluding carboxylic acids is 2. The van der Waals surface area contributed by atoms with Gasteiger partial charge in [-0.1, -0.05) is 12.1 Å². The minimum Gasteiger partial charge on any atom is -0.494 e. The maximum Gasteiger partial charge on any atom is 0.300 e. The van der Waals surface area contributed by atoms with Crippen LogP contribution in [0.15, 0.2) is 48.7 Å². The van der Waals surface area contributed by atoms with Gasteiger partial charge in [0, 0.05) is 61.6 Å². The number of nitrogens with one attached hydrogen (secondary N) is 3. The average molecular weight is 479 g/mol. The summed E-state index contributed by atoms with van der Waals surface area (Å²) in [5.41, 5.74) is 5.33. The van der Waals surface area contributed by atoms with Crippen LogP contribution < -0.4 is 15.4 Å². The molecule has 2 amide bonds. The molecule has 3 aromatic rings. The topological polar surface area (TPSA) is 133 Å². The van der Waals surface area contributed by atoms with Crippen LogP contribution in [0.4, 0.5) is 0 Å². The van der Waals surface area contributed by atoms with Crippen LogP contribution in [0, 0.1) is 0 Å². The van der Waals surface area contributed by atoms with Gasteiger partial charge in [0.25, 0.3) is 11.9 Å². The fourth-order valence-corrected chi connectivity index (χ4v) is 3.66. The number of carbonyl (C=O) groups is 3. The summed E-state index contributed by atoms with van der Waals surface area (Å²) in [5, 5.41) is 13.1. The first-order chi connectivity index (χ1) is 16.9. The zero-order valence-corrected chi connectivity index (χ0v) is 19.9. The molecule has 1 aliphatic rings. The van der Waals surface area contributed by atoms with Crippen LogP contribution in [0.1, 0.15) is 42.7 Å². The number of hydrogen-bond acceptors (Lipinski definition) is 5. The molecule has 4 N–H and O–H groups in total. The van der Waals surface area contributed by atoms with Gasteiger partial charge in [0.05, 0.1) is 17.9 Å². The monoisotopic (exact) mass is 478 g/mol. The molecule has 35 heavy (non-hydrogen) atoms. The van der Waals surface area contributed by atoms with E-state index in [1.165, 1.54) is 0 Å². The van der Waals surface area contributed by atoms with Gasteiger partial charge >= 0.3 is 0 Å². The summed E-state index contributed by atoms with van der Waals surface area (Å²) in [7, 11) is 0. The third kappa shape index (κ3) is 7.43. The number of carboxylic acids is 1. The molecule has 9 nitrogen and oxygen atoms in total. The summed E-state index contributed by atoms with van der Waals surface area (Å²) in [5.74, 6) is -0.0768. The van der Waals surface area contributed by atoms with Crippen LogP contribution in [-0.2, 0) is 16.0 Å². The van der Waals surface area contributed by atoms with Gasteiger partial charge in [-0.3, -0.25) is 19.4 Å². The predicted octanol–water partition coefficient (Wildman–Crippen LogP) is 3.42. The highest BCUT2D eigenvalue weighted by Crippen LogP contribution is 2.28. The van der Waals surface area contributed by atoms with Crippen molar-refractivity contribution in [1.29, 1.82) is 0 Å². The molecule has 0 radical (unpaired) electrons. The Kier molecular flexibility index (Phi) is 9.00. The van der Waals surface area contributed by atoms with Crippen LogP contribution in [0.5, 0.6) is 5.75 Å². The van der Waals surface area contributed by atoms with E-state index in [0.29, 0.717) is 38.1 Å². The highest BCUT2D eigenvalue weighted by molar-refractivity contribution is 5.97. The normalized spacial score (nSPS) is 12.0. The second-order valence-electron chi connectivity index (χ2n) is 7.96. The van der Waals surface area contributed by atoms with Crippen LogP contribution in [0.25, 0.3) is 22.5 Å². The minimum atomic E-state index is -0.833. The Morgan fingerprint density at radius 2 is 1.97 bits per heavy atom. The number of amides is 2. The third-order valence-electron chi connectivity index (χ3n) is 5.20. The van der Waals surface area contributed by atoms with Gasteiger partial charge < -0.3 is 25.5 Å². The minimum absolute atomic E-state index is 0.0324. The Morgan fingerprint density at radius 3 is 2.71 bits per heavy atom. The number of pyridine rings is 1. The van der Waals surface area contributed by atoms with Gasteiger partial charge in [-0.05, 0) is 43.7 Å². The van der Waals surface area contributed by atoms with Crippen molar-refractivity contribution in [1.82, 2.24) is 20.6 Å². The fraction of sp³-hybridized carbons (Fsp3) is 0.308. The summed E-state index contributed by atoms with van der Waals surface area (Å²) in [6.07, 6.45) is 3.69. The summed E-state index contributed by atoms with van der Waals surface area (Å²) < 4.78 is 5.82. The molecule has 0 bridgehead atoms. The number of aromatic amines is 1. The number of aliphatic carboxylic acids is 1. The second kappa shape index (κ2) is 12.4. The average Bonchev–Trinajstić information content (AvgIpc) is 3.28. The van der Waals surface area contributed by atoms with Crippen molar-refractivity contribution in [3.8, 4) is 28.3 Å². The van der Waals surface area contributed by atoms with Gasteiger partial charge in [0.2, 0.25) is 5.91 Å². The number of H-pyrrole nitrogens is 1. The van der Waals surface area contributed by atoms with E-state index < -0.39 is 5.97 Å². The smallest absolute Gasteiger partial charge is 0.300 e. The molecule has 1 aromatic carbocycles. The zero-order chi connectivity index (χ0) is 25.2. The van der Waals surface area contributed by atoms with E-state index in [2.05, 4.69) is 20.6 Å². The van der Waals surface area contributed by atoms with Gasteiger partial charge in [-0.15, -0.1) is 0 Å². The fourth-order valence-electron chi connectivity index (χ4n) is 3.66. The number of aromatic nitrogens is 2. The molecule has 3 heterocycles. The Hall–Kier alpha value is -4.14. The van der Waals surface area contributed by atoms with Crippen LogP contribution in [-0.4, -0.2) is 52.6 Å². The molecule has 184 valence electrons. The number of carboxylic acid groups (broad SMARTS) is 1.